The molecule has 0 radical (unpaired) electrons. The van der Waals surface area contributed by atoms with Gasteiger partial charge in [0.2, 0.25) is 0 Å². The molecule has 1 aromatic heterocycles. The second-order valence-electron chi connectivity index (χ2n) is 25.0. The highest BCUT2D eigenvalue weighted by atomic mass is 16.3. The summed E-state index contributed by atoms with van der Waals surface area (Å²) in [5, 5.41) is 2.20. The van der Waals surface area contributed by atoms with E-state index < -0.39 is 5.41 Å². The molecule has 2 aliphatic carbocycles. The van der Waals surface area contributed by atoms with Crippen molar-refractivity contribution in [1.29, 1.82) is 0 Å². The van der Waals surface area contributed by atoms with Gasteiger partial charge >= 0.3 is 0 Å². The third-order valence-corrected chi connectivity index (χ3v) is 16.1. The topological polar surface area (TPSA) is 19.6 Å². The Bertz CT molecular complexity index is 3630. The maximum Gasteiger partial charge on any atom is 0.160 e. The van der Waals surface area contributed by atoms with Crippen LogP contribution in [-0.4, -0.2) is 0 Å². The monoisotopic (exact) mass is 965 g/mol. The fourth-order valence-corrected chi connectivity index (χ4v) is 12.1. The van der Waals surface area contributed by atoms with Crippen LogP contribution in [0.15, 0.2) is 199 Å². The lowest BCUT2D eigenvalue weighted by Gasteiger charge is -2.32. The van der Waals surface area contributed by atoms with Crippen LogP contribution < -0.4 is 9.80 Å². The molecule has 0 atom stereocenters. The van der Waals surface area contributed by atoms with Gasteiger partial charge < -0.3 is 14.2 Å². The lowest BCUT2D eigenvalue weighted by atomic mass is 9.70. The average molecular weight is 965 g/mol. The highest BCUT2D eigenvalue weighted by Crippen LogP contribution is 2.66. The zero-order valence-corrected chi connectivity index (χ0v) is 45.3. The van der Waals surface area contributed by atoms with Gasteiger partial charge in [0, 0.05) is 33.5 Å². The van der Waals surface area contributed by atoms with Crippen molar-refractivity contribution in [2.24, 2.45) is 0 Å². The number of para-hydroxylation sites is 1. The van der Waals surface area contributed by atoms with E-state index in [4.69, 9.17) is 4.42 Å². The second-order valence-corrected chi connectivity index (χ2v) is 25.0. The third-order valence-electron chi connectivity index (χ3n) is 16.1. The summed E-state index contributed by atoms with van der Waals surface area (Å²) in [7, 11) is 0. The minimum atomic E-state index is -0.587. The van der Waals surface area contributed by atoms with Crippen LogP contribution in [0.5, 0.6) is 0 Å². The van der Waals surface area contributed by atoms with Crippen LogP contribution in [0, 0.1) is 0 Å². The highest BCUT2D eigenvalue weighted by molar-refractivity contribution is 6.22. The Labute approximate surface area is 439 Å². The molecule has 0 amide bonds. The maximum atomic E-state index is 7.82. The van der Waals surface area contributed by atoms with Gasteiger partial charge in [0.1, 0.15) is 0 Å². The van der Waals surface area contributed by atoms with Gasteiger partial charge in [0.15, 0.2) is 11.2 Å². The summed E-state index contributed by atoms with van der Waals surface area (Å²) in [6, 6.07) is 73.4. The summed E-state index contributed by atoms with van der Waals surface area (Å²) in [5.41, 5.74) is 22.7. The summed E-state index contributed by atoms with van der Waals surface area (Å²) in [4.78, 5) is 4.86. The van der Waals surface area contributed by atoms with E-state index >= 15 is 0 Å². The average Bonchev–Trinajstić information content (AvgIpc) is 4.02. The van der Waals surface area contributed by atoms with Gasteiger partial charge in [-0.25, -0.2) is 0 Å². The second kappa shape index (κ2) is 16.7. The highest BCUT2D eigenvalue weighted by Gasteiger charge is 2.53. The van der Waals surface area contributed by atoms with Crippen molar-refractivity contribution in [3.63, 3.8) is 0 Å². The lowest BCUT2D eigenvalue weighted by molar-refractivity contribution is 0.590. The first kappa shape index (κ1) is 47.4. The van der Waals surface area contributed by atoms with Crippen molar-refractivity contribution >= 4 is 56.1 Å². The van der Waals surface area contributed by atoms with Crippen molar-refractivity contribution in [2.75, 3.05) is 9.80 Å². The van der Waals surface area contributed by atoms with E-state index in [2.05, 4.69) is 287 Å². The van der Waals surface area contributed by atoms with Crippen molar-refractivity contribution in [3.05, 3.63) is 239 Å². The first-order valence-corrected chi connectivity index (χ1v) is 26.6. The van der Waals surface area contributed by atoms with Crippen LogP contribution in [0.1, 0.15) is 128 Å². The molecule has 0 saturated carbocycles. The van der Waals surface area contributed by atoms with Crippen molar-refractivity contribution in [1.82, 2.24) is 0 Å². The Kier molecular flexibility index (Phi) is 10.7. The van der Waals surface area contributed by atoms with Gasteiger partial charge in [-0.15, -0.1) is 0 Å². The number of benzene rings is 9. The number of hydrogen-bond acceptors (Lipinski definition) is 3. The fraction of sp³-hybridized carbons (Fsp3) is 0.239. The van der Waals surface area contributed by atoms with Gasteiger partial charge in [0.25, 0.3) is 0 Å². The zero-order chi connectivity index (χ0) is 51.7. The first-order chi connectivity index (χ1) is 35.2. The Hall–Kier alpha value is -7.62. The van der Waals surface area contributed by atoms with Crippen LogP contribution in [0.4, 0.5) is 34.1 Å². The lowest BCUT2D eigenvalue weighted by Crippen LogP contribution is -2.26. The predicted octanol–water partition coefficient (Wildman–Crippen LogP) is 20.1. The molecule has 0 saturated heterocycles. The summed E-state index contributed by atoms with van der Waals surface area (Å²) in [5.74, 6) is 0. The van der Waals surface area contributed by atoms with Crippen molar-refractivity contribution in [3.8, 4) is 22.3 Å². The Morgan fingerprint density at radius 1 is 0.324 bits per heavy atom. The molecule has 10 aromatic rings. The SMILES string of the molecule is CC(C)(C)c1ccc(N(c2ccc(C(C)(C)C)cc2)c2cccc3c2oc2c(N(c4ccc(C(C)(C)C)cc4)c4ccc(C(C)(C)C)cc4)cc4c(c23)-c2ccccc2C42c3ccccc3-c3ccccc32)cc1. The number of nitrogens with zero attached hydrogens (tertiary/aromatic N) is 2. The number of hydrogen-bond donors (Lipinski definition) is 0. The molecule has 3 heteroatoms. The molecule has 74 heavy (non-hydrogen) atoms. The molecular weight excluding hydrogens is 897 g/mol. The molecule has 0 N–H and O–H groups in total. The van der Waals surface area contributed by atoms with Gasteiger partial charge in [-0.05, 0) is 149 Å². The quantitative estimate of drug-likeness (QED) is 0.166. The van der Waals surface area contributed by atoms with Gasteiger partial charge in [-0.3, -0.25) is 0 Å². The largest absolute Gasteiger partial charge is 0.452 e. The smallest absolute Gasteiger partial charge is 0.160 e. The Balaban J connectivity index is 1.22. The van der Waals surface area contributed by atoms with Crippen LogP contribution in [0.2, 0.25) is 0 Å². The number of anilines is 6. The molecule has 0 fully saturated rings. The van der Waals surface area contributed by atoms with E-state index in [-0.39, 0.29) is 21.7 Å². The molecule has 0 bridgehead atoms. The number of fused-ring (bicyclic) bond motifs is 14. The van der Waals surface area contributed by atoms with E-state index in [0.29, 0.717) is 0 Å². The predicted molar refractivity (Wildman–Crippen MR) is 314 cm³/mol. The minimum absolute atomic E-state index is 0.00719. The molecule has 368 valence electrons. The first-order valence-electron chi connectivity index (χ1n) is 26.6. The molecule has 2 aliphatic rings. The summed E-state index contributed by atoms with van der Waals surface area (Å²) >= 11 is 0. The molecule has 1 heterocycles. The molecule has 12 rings (SSSR count). The molecule has 3 nitrogen and oxygen atoms in total. The van der Waals surface area contributed by atoms with Gasteiger partial charge in [-0.2, -0.15) is 0 Å². The Morgan fingerprint density at radius 2 is 0.676 bits per heavy atom. The van der Waals surface area contributed by atoms with Crippen LogP contribution in [0.3, 0.4) is 0 Å². The minimum Gasteiger partial charge on any atom is -0.452 e. The molecule has 1 spiro atoms. The fourth-order valence-electron chi connectivity index (χ4n) is 12.1. The third kappa shape index (κ3) is 7.37. The van der Waals surface area contributed by atoms with E-state index in [9.17, 15) is 0 Å². The van der Waals surface area contributed by atoms with Gasteiger partial charge in [-0.1, -0.05) is 217 Å². The van der Waals surface area contributed by atoms with E-state index in [1.807, 2.05) is 0 Å². The Morgan fingerprint density at radius 3 is 1.07 bits per heavy atom. The van der Waals surface area contributed by atoms with Crippen LogP contribution >= 0.6 is 0 Å². The molecule has 0 unspecified atom stereocenters. The number of rotatable bonds is 6. The van der Waals surface area contributed by atoms with Crippen LogP contribution in [-0.2, 0) is 27.1 Å². The van der Waals surface area contributed by atoms with Crippen molar-refractivity contribution < 1.29 is 4.42 Å². The van der Waals surface area contributed by atoms with E-state index in [1.54, 1.807) is 0 Å². The summed E-state index contributed by atoms with van der Waals surface area (Å²) < 4.78 is 7.82. The summed E-state index contributed by atoms with van der Waals surface area (Å²) in [6.45, 7) is 27.4. The molecular formula is C71H68N2O. The van der Waals surface area contributed by atoms with Crippen molar-refractivity contribution in [2.45, 2.75) is 110 Å². The molecule has 0 aliphatic heterocycles. The summed E-state index contributed by atoms with van der Waals surface area (Å²) in [6.07, 6.45) is 0. The number of furan rings is 1. The van der Waals surface area contributed by atoms with E-state index in [1.165, 1.54) is 66.8 Å². The van der Waals surface area contributed by atoms with Gasteiger partial charge in [0.05, 0.1) is 16.8 Å². The van der Waals surface area contributed by atoms with Crippen LogP contribution in [0.25, 0.3) is 44.2 Å². The normalized spacial score (nSPS) is 13.8. The standard InChI is InChI=1S/C71H68N2O/c1-67(2,3)45-28-36-49(37-29-45)72(50-38-30-46(31-39-50)68(4,5)6)61-27-19-23-56-64-63-55-22-15-18-26-59(55)71(57-24-16-13-20-53(57)54-21-14-17-25-58(54)71)60(63)44-62(66(64)74-65(56)61)73(51-40-32-47(33-41-51)69(7,8)9)52-42-34-48(35-43-52)70(10,11)12/h13-44H,1-12H3. The zero-order valence-electron chi connectivity index (χ0n) is 45.3. The van der Waals surface area contributed by atoms with E-state index in [0.717, 1.165) is 56.1 Å². The molecule has 9 aromatic carbocycles. The maximum absolute atomic E-state index is 7.82.